The van der Waals surface area contributed by atoms with Gasteiger partial charge in [-0.1, -0.05) is 34.3 Å². The van der Waals surface area contributed by atoms with Gasteiger partial charge in [0, 0.05) is 17.4 Å². The third-order valence-electron chi connectivity index (χ3n) is 3.52. The lowest BCUT2D eigenvalue weighted by Crippen LogP contribution is -2.15. The van der Waals surface area contributed by atoms with E-state index in [0.717, 1.165) is 15.7 Å². The normalized spacial score (nSPS) is 12.6. The van der Waals surface area contributed by atoms with E-state index in [1.165, 1.54) is 23.1 Å². The number of benzene rings is 1. The molecule has 0 atom stereocenters. The molecule has 1 amide bonds. The third kappa shape index (κ3) is 3.96. The highest BCUT2D eigenvalue weighted by molar-refractivity contribution is 8.01. The zero-order valence-corrected chi connectivity index (χ0v) is 15.6. The zero-order valence-electron chi connectivity index (χ0n) is 14.0. The van der Waals surface area contributed by atoms with Crippen LogP contribution in [0, 0.1) is 0 Å². The van der Waals surface area contributed by atoms with Crippen molar-refractivity contribution in [1.82, 2.24) is 15.4 Å². The van der Waals surface area contributed by atoms with Gasteiger partial charge in [-0.15, -0.1) is 16.8 Å². The van der Waals surface area contributed by atoms with Crippen molar-refractivity contribution >= 4 is 34.1 Å². The maximum Gasteiger partial charge on any atom is 0.279 e. The summed E-state index contributed by atoms with van der Waals surface area (Å²) in [5.41, 5.74) is 0.889. The van der Waals surface area contributed by atoms with Crippen molar-refractivity contribution in [1.29, 1.82) is 0 Å². The fraction of sp³-hybridized carbons (Fsp3) is 0.176. The van der Waals surface area contributed by atoms with E-state index in [4.69, 9.17) is 14.0 Å². The van der Waals surface area contributed by atoms with Crippen LogP contribution >= 0.6 is 23.1 Å². The molecule has 0 bridgehead atoms. The molecule has 1 aromatic carbocycles. The molecule has 0 fully saturated rings. The van der Waals surface area contributed by atoms with Crippen molar-refractivity contribution in [3.8, 4) is 22.8 Å². The Hall–Kier alpha value is -2.85. The minimum atomic E-state index is -0.418. The molecule has 27 heavy (non-hydrogen) atoms. The predicted molar refractivity (Wildman–Crippen MR) is 102 cm³/mol. The number of amides is 1. The van der Waals surface area contributed by atoms with Crippen LogP contribution in [0.4, 0.5) is 5.13 Å². The van der Waals surface area contributed by atoms with Crippen LogP contribution in [-0.2, 0) is 0 Å². The van der Waals surface area contributed by atoms with E-state index in [0.29, 0.717) is 35.6 Å². The monoisotopic (exact) mass is 402 g/mol. The molecule has 4 rings (SSSR count). The molecule has 0 radical (unpaired) electrons. The number of anilines is 1. The molecular formula is C17H14N4O4S2. The van der Waals surface area contributed by atoms with E-state index in [2.05, 4.69) is 27.2 Å². The van der Waals surface area contributed by atoms with Crippen molar-refractivity contribution in [2.45, 2.75) is 4.34 Å². The van der Waals surface area contributed by atoms with Gasteiger partial charge >= 0.3 is 0 Å². The number of carbonyl (C=O) groups excluding carboxylic acids is 1. The summed E-state index contributed by atoms with van der Waals surface area (Å²) in [4.78, 5) is 12.4. The number of fused-ring (bicyclic) bond motifs is 1. The summed E-state index contributed by atoms with van der Waals surface area (Å²) in [6.45, 7) is 4.68. The maximum absolute atomic E-state index is 12.4. The van der Waals surface area contributed by atoms with Crippen LogP contribution in [0.25, 0.3) is 11.3 Å². The van der Waals surface area contributed by atoms with Crippen molar-refractivity contribution in [2.24, 2.45) is 0 Å². The topological polar surface area (TPSA) is 99.4 Å². The summed E-state index contributed by atoms with van der Waals surface area (Å²) in [6.07, 6.45) is 1.78. The molecule has 0 spiro atoms. The zero-order chi connectivity index (χ0) is 18.6. The first-order chi connectivity index (χ1) is 13.2. The van der Waals surface area contributed by atoms with Crippen LogP contribution < -0.4 is 14.8 Å². The first-order valence-corrected chi connectivity index (χ1v) is 9.78. The quantitative estimate of drug-likeness (QED) is 0.380. The number of aromatic nitrogens is 3. The summed E-state index contributed by atoms with van der Waals surface area (Å²) in [5.74, 6) is 2.09. The number of nitrogens with zero attached hydrogens (tertiary/aromatic N) is 3. The van der Waals surface area contributed by atoms with Crippen molar-refractivity contribution in [3.05, 3.63) is 42.6 Å². The first-order valence-electron chi connectivity index (χ1n) is 7.98. The van der Waals surface area contributed by atoms with Crippen LogP contribution in [0.3, 0.4) is 0 Å². The molecule has 1 N–H and O–H groups in total. The number of nitrogens with one attached hydrogen (secondary N) is 1. The second kappa shape index (κ2) is 7.80. The Balaban J connectivity index is 1.46. The van der Waals surface area contributed by atoms with E-state index >= 15 is 0 Å². The average molecular weight is 402 g/mol. The van der Waals surface area contributed by atoms with Crippen LogP contribution in [0.2, 0.25) is 0 Å². The number of carbonyl (C=O) groups is 1. The number of hydrogen-bond donors (Lipinski definition) is 1. The van der Waals surface area contributed by atoms with E-state index in [1.54, 1.807) is 24.3 Å². The standard InChI is InChI=1S/C17H14N4O4S2/c1-2-7-26-17-20-19-16(27-17)18-15(22)11-9-13(25-21-11)10-3-4-12-14(8-10)24-6-5-23-12/h2-4,8-9H,1,5-7H2,(H,18,19,22). The molecule has 0 aliphatic carbocycles. The SMILES string of the molecule is C=CCSc1nnc(NC(=O)c2cc(-c3ccc4c(c3)OCCO4)on2)s1. The Morgan fingerprint density at radius 2 is 2.11 bits per heavy atom. The van der Waals surface area contributed by atoms with Gasteiger partial charge in [0.2, 0.25) is 5.13 Å². The van der Waals surface area contributed by atoms with Gasteiger partial charge in [-0.2, -0.15) is 0 Å². The smallest absolute Gasteiger partial charge is 0.279 e. The van der Waals surface area contributed by atoms with Gasteiger partial charge in [-0.3, -0.25) is 10.1 Å². The fourth-order valence-corrected chi connectivity index (χ4v) is 3.83. The molecule has 3 heterocycles. The Morgan fingerprint density at radius 3 is 2.96 bits per heavy atom. The van der Waals surface area contributed by atoms with Gasteiger partial charge in [-0.05, 0) is 18.2 Å². The van der Waals surface area contributed by atoms with Crippen LogP contribution in [0.15, 0.2) is 45.8 Å². The molecule has 0 saturated carbocycles. The van der Waals surface area contributed by atoms with Crippen LogP contribution in [-0.4, -0.2) is 40.2 Å². The Labute approximate surface area is 162 Å². The molecule has 1 aliphatic heterocycles. The van der Waals surface area contributed by atoms with Gasteiger partial charge in [0.25, 0.3) is 5.91 Å². The van der Waals surface area contributed by atoms with Gasteiger partial charge < -0.3 is 14.0 Å². The van der Waals surface area contributed by atoms with E-state index in [-0.39, 0.29) is 5.69 Å². The molecule has 1 aliphatic rings. The van der Waals surface area contributed by atoms with Crippen LogP contribution in [0.1, 0.15) is 10.5 Å². The van der Waals surface area contributed by atoms with E-state index in [9.17, 15) is 4.79 Å². The molecular weight excluding hydrogens is 388 g/mol. The average Bonchev–Trinajstić information content (AvgIpc) is 3.36. The number of rotatable bonds is 6. The lowest BCUT2D eigenvalue weighted by atomic mass is 10.1. The first kappa shape index (κ1) is 17.6. The van der Waals surface area contributed by atoms with E-state index in [1.807, 2.05) is 6.07 Å². The number of thioether (sulfide) groups is 1. The summed E-state index contributed by atoms with van der Waals surface area (Å²) in [7, 11) is 0. The van der Waals surface area contributed by atoms with Crippen LogP contribution in [0.5, 0.6) is 11.5 Å². The summed E-state index contributed by atoms with van der Waals surface area (Å²) in [5, 5.41) is 14.8. The lowest BCUT2D eigenvalue weighted by Gasteiger charge is -2.18. The molecule has 10 heteroatoms. The predicted octanol–water partition coefficient (Wildman–Crippen LogP) is 3.49. The minimum absolute atomic E-state index is 0.149. The molecule has 0 unspecified atom stereocenters. The van der Waals surface area contributed by atoms with Crippen molar-refractivity contribution in [3.63, 3.8) is 0 Å². The highest BCUT2D eigenvalue weighted by atomic mass is 32.2. The highest BCUT2D eigenvalue weighted by Gasteiger charge is 2.18. The summed E-state index contributed by atoms with van der Waals surface area (Å²) >= 11 is 2.78. The van der Waals surface area contributed by atoms with Gasteiger partial charge in [0.15, 0.2) is 27.3 Å². The lowest BCUT2D eigenvalue weighted by molar-refractivity contribution is 0.101. The van der Waals surface area contributed by atoms with Crippen molar-refractivity contribution < 1.29 is 18.8 Å². The summed E-state index contributed by atoms with van der Waals surface area (Å²) < 4.78 is 17.1. The minimum Gasteiger partial charge on any atom is -0.486 e. The molecule has 2 aromatic heterocycles. The highest BCUT2D eigenvalue weighted by Crippen LogP contribution is 2.34. The Kier molecular flexibility index (Phi) is 5.07. The molecule has 8 nitrogen and oxygen atoms in total. The van der Waals surface area contributed by atoms with Gasteiger partial charge in [0.05, 0.1) is 0 Å². The third-order valence-corrected chi connectivity index (χ3v) is 5.49. The summed E-state index contributed by atoms with van der Waals surface area (Å²) in [6, 6.07) is 6.99. The molecule has 0 saturated heterocycles. The maximum atomic E-state index is 12.4. The molecule has 138 valence electrons. The molecule has 3 aromatic rings. The Bertz CT molecular complexity index is 985. The largest absolute Gasteiger partial charge is 0.486 e. The Morgan fingerprint density at radius 1 is 1.26 bits per heavy atom. The number of hydrogen-bond acceptors (Lipinski definition) is 9. The van der Waals surface area contributed by atoms with E-state index < -0.39 is 5.91 Å². The fourth-order valence-electron chi connectivity index (χ4n) is 2.32. The second-order valence-electron chi connectivity index (χ2n) is 5.36. The van der Waals surface area contributed by atoms with Gasteiger partial charge in [0.1, 0.15) is 13.2 Å². The second-order valence-corrected chi connectivity index (χ2v) is 7.61. The number of ether oxygens (including phenoxy) is 2. The van der Waals surface area contributed by atoms with Gasteiger partial charge in [-0.25, -0.2) is 0 Å². The van der Waals surface area contributed by atoms with Crippen molar-refractivity contribution in [2.75, 3.05) is 24.3 Å².